The monoisotopic (exact) mass is 336 g/mol. The van der Waals surface area contributed by atoms with E-state index >= 15 is 0 Å². The van der Waals surface area contributed by atoms with Crippen molar-refractivity contribution in [2.75, 3.05) is 19.8 Å². The van der Waals surface area contributed by atoms with E-state index in [-0.39, 0.29) is 0 Å². The van der Waals surface area contributed by atoms with Gasteiger partial charge in [0.25, 0.3) is 0 Å². The van der Waals surface area contributed by atoms with Crippen LogP contribution in [0.15, 0.2) is 25.3 Å². The van der Waals surface area contributed by atoms with E-state index in [1.807, 2.05) is 12.2 Å². The van der Waals surface area contributed by atoms with E-state index in [0.717, 1.165) is 19.8 Å². The molecule has 0 aromatic rings. The topological polar surface area (TPSA) is 18.5 Å². The summed E-state index contributed by atoms with van der Waals surface area (Å²) in [5, 5.41) is 0. The van der Waals surface area contributed by atoms with E-state index in [9.17, 15) is 0 Å². The molecule has 1 atom stereocenters. The van der Waals surface area contributed by atoms with Gasteiger partial charge in [-0.3, -0.25) is 0 Å². The minimum Gasteiger partial charge on any atom is -0.376 e. The highest BCUT2D eigenvalue weighted by atomic mass is 16.6. The average molecular weight is 337 g/mol. The van der Waals surface area contributed by atoms with E-state index in [0.29, 0.717) is 12.0 Å². The Kier molecular flexibility index (Phi) is 14.2. The first-order chi connectivity index (χ1) is 11.9. The highest BCUT2D eigenvalue weighted by molar-refractivity contribution is 4.91. The summed E-state index contributed by atoms with van der Waals surface area (Å²) in [5.41, 5.74) is 0. The minimum absolute atomic E-state index is 0.368. The molecule has 0 aromatic heterocycles. The predicted molar refractivity (Wildman–Crippen MR) is 104 cm³/mol. The SMILES string of the molecule is C=CC(C=C)CCCCCCCCCCCCCC1COCCO1. The number of hydrogen-bond donors (Lipinski definition) is 0. The first-order valence-electron chi connectivity index (χ1n) is 10.3. The van der Waals surface area contributed by atoms with E-state index in [1.54, 1.807) is 0 Å². The largest absolute Gasteiger partial charge is 0.376 e. The van der Waals surface area contributed by atoms with Crippen LogP contribution in [0, 0.1) is 5.92 Å². The Morgan fingerprint density at radius 2 is 1.29 bits per heavy atom. The molecule has 1 saturated heterocycles. The van der Waals surface area contributed by atoms with E-state index < -0.39 is 0 Å². The predicted octanol–water partition coefficient (Wildman–Crippen LogP) is 6.46. The van der Waals surface area contributed by atoms with Crippen molar-refractivity contribution in [3.05, 3.63) is 25.3 Å². The van der Waals surface area contributed by atoms with Gasteiger partial charge < -0.3 is 9.47 Å². The molecule has 0 N–H and O–H groups in total. The molecular formula is C22H40O2. The second-order valence-electron chi connectivity index (χ2n) is 7.17. The zero-order valence-corrected chi connectivity index (χ0v) is 15.9. The van der Waals surface area contributed by atoms with Crippen molar-refractivity contribution in [3.8, 4) is 0 Å². The quantitative estimate of drug-likeness (QED) is 0.238. The Hall–Kier alpha value is -0.600. The van der Waals surface area contributed by atoms with Gasteiger partial charge in [0.05, 0.1) is 25.9 Å². The Balaban J connectivity index is 1.73. The molecule has 0 spiro atoms. The highest BCUT2D eigenvalue weighted by Gasteiger charge is 2.13. The van der Waals surface area contributed by atoms with Gasteiger partial charge in [0, 0.05) is 0 Å². The van der Waals surface area contributed by atoms with Gasteiger partial charge in [-0.25, -0.2) is 0 Å². The van der Waals surface area contributed by atoms with Gasteiger partial charge in [-0.05, 0) is 18.8 Å². The Labute approximate surface area is 150 Å². The Bertz CT molecular complexity index is 286. The van der Waals surface area contributed by atoms with E-state index in [1.165, 1.54) is 83.5 Å². The van der Waals surface area contributed by atoms with Gasteiger partial charge in [-0.15, -0.1) is 13.2 Å². The van der Waals surface area contributed by atoms with Crippen LogP contribution < -0.4 is 0 Å². The lowest BCUT2D eigenvalue weighted by molar-refractivity contribution is -0.0912. The third-order valence-electron chi connectivity index (χ3n) is 5.05. The number of allylic oxidation sites excluding steroid dienone is 2. The Morgan fingerprint density at radius 3 is 1.79 bits per heavy atom. The summed E-state index contributed by atoms with van der Waals surface area (Å²) in [6.45, 7) is 10.1. The van der Waals surface area contributed by atoms with Crippen LogP contribution in [0.5, 0.6) is 0 Å². The zero-order valence-electron chi connectivity index (χ0n) is 15.9. The average Bonchev–Trinajstić information content (AvgIpc) is 2.63. The molecular weight excluding hydrogens is 296 g/mol. The summed E-state index contributed by atoms with van der Waals surface area (Å²) < 4.78 is 11.1. The highest BCUT2D eigenvalue weighted by Crippen LogP contribution is 2.16. The molecule has 24 heavy (non-hydrogen) atoms. The van der Waals surface area contributed by atoms with Crippen LogP contribution in [-0.2, 0) is 9.47 Å². The molecule has 0 amide bonds. The van der Waals surface area contributed by atoms with Gasteiger partial charge in [0.15, 0.2) is 0 Å². The first-order valence-corrected chi connectivity index (χ1v) is 10.3. The molecule has 1 aliphatic heterocycles. The van der Waals surface area contributed by atoms with Crippen LogP contribution in [0.2, 0.25) is 0 Å². The molecule has 1 rings (SSSR count). The maximum atomic E-state index is 5.67. The van der Waals surface area contributed by atoms with Crippen molar-refractivity contribution >= 4 is 0 Å². The maximum Gasteiger partial charge on any atom is 0.0809 e. The third kappa shape index (κ3) is 11.9. The summed E-state index contributed by atoms with van der Waals surface area (Å²) in [6, 6.07) is 0. The molecule has 0 saturated carbocycles. The number of ether oxygens (including phenoxy) is 2. The third-order valence-corrected chi connectivity index (χ3v) is 5.05. The fourth-order valence-electron chi connectivity index (χ4n) is 3.38. The maximum absolute atomic E-state index is 5.67. The summed E-state index contributed by atoms with van der Waals surface area (Å²) in [6.07, 6.45) is 22.0. The standard InChI is InChI=1S/C22H40O2/c1-3-21(4-2)16-14-12-10-8-6-5-7-9-11-13-15-17-22-20-23-18-19-24-22/h3-4,21-22H,1-2,5-20H2. The molecule has 140 valence electrons. The van der Waals surface area contributed by atoms with Gasteiger partial charge in [0.2, 0.25) is 0 Å². The fourth-order valence-corrected chi connectivity index (χ4v) is 3.38. The molecule has 2 heteroatoms. The van der Waals surface area contributed by atoms with Crippen molar-refractivity contribution in [1.29, 1.82) is 0 Å². The Morgan fingerprint density at radius 1 is 0.750 bits per heavy atom. The number of rotatable bonds is 16. The van der Waals surface area contributed by atoms with Gasteiger partial charge in [-0.1, -0.05) is 82.8 Å². The van der Waals surface area contributed by atoms with Crippen LogP contribution in [-0.4, -0.2) is 25.9 Å². The number of hydrogen-bond acceptors (Lipinski definition) is 2. The van der Waals surface area contributed by atoms with Gasteiger partial charge in [0.1, 0.15) is 0 Å². The molecule has 1 unspecified atom stereocenters. The van der Waals surface area contributed by atoms with Crippen LogP contribution >= 0.6 is 0 Å². The molecule has 0 aromatic carbocycles. The van der Waals surface area contributed by atoms with Crippen molar-refractivity contribution < 1.29 is 9.47 Å². The molecule has 2 nitrogen and oxygen atoms in total. The molecule has 1 heterocycles. The van der Waals surface area contributed by atoms with Crippen molar-refractivity contribution in [2.24, 2.45) is 5.92 Å². The second kappa shape index (κ2) is 15.9. The van der Waals surface area contributed by atoms with E-state index in [2.05, 4.69) is 13.2 Å². The first kappa shape index (κ1) is 21.4. The summed E-state index contributed by atoms with van der Waals surface area (Å²) >= 11 is 0. The van der Waals surface area contributed by atoms with Gasteiger partial charge >= 0.3 is 0 Å². The lowest BCUT2D eigenvalue weighted by Crippen LogP contribution is -2.28. The van der Waals surface area contributed by atoms with E-state index in [4.69, 9.17) is 9.47 Å². The number of unbranched alkanes of at least 4 members (excludes halogenated alkanes) is 10. The van der Waals surface area contributed by atoms with Crippen molar-refractivity contribution in [2.45, 2.75) is 89.6 Å². The fraction of sp³-hybridized carbons (Fsp3) is 0.818. The molecule has 0 bridgehead atoms. The minimum atomic E-state index is 0.368. The van der Waals surface area contributed by atoms with Crippen LogP contribution in [0.1, 0.15) is 83.5 Å². The van der Waals surface area contributed by atoms with Crippen LogP contribution in [0.25, 0.3) is 0 Å². The molecule has 1 fully saturated rings. The summed E-state index contributed by atoms with van der Waals surface area (Å²) in [4.78, 5) is 0. The van der Waals surface area contributed by atoms with Crippen molar-refractivity contribution in [3.63, 3.8) is 0 Å². The smallest absolute Gasteiger partial charge is 0.0809 e. The second-order valence-corrected chi connectivity index (χ2v) is 7.17. The van der Waals surface area contributed by atoms with Crippen LogP contribution in [0.4, 0.5) is 0 Å². The molecule has 0 radical (unpaired) electrons. The molecule has 0 aliphatic carbocycles. The summed E-state index contributed by atoms with van der Waals surface area (Å²) in [5.74, 6) is 0.516. The zero-order chi connectivity index (χ0) is 17.3. The molecule has 1 aliphatic rings. The lowest BCUT2D eigenvalue weighted by atomic mass is 10.00. The van der Waals surface area contributed by atoms with Gasteiger partial charge in [-0.2, -0.15) is 0 Å². The van der Waals surface area contributed by atoms with Crippen molar-refractivity contribution in [1.82, 2.24) is 0 Å². The normalized spacial score (nSPS) is 18.0. The van der Waals surface area contributed by atoms with Crippen LogP contribution in [0.3, 0.4) is 0 Å². The lowest BCUT2D eigenvalue weighted by Gasteiger charge is -2.22. The summed E-state index contributed by atoms with van der Waals surface area (Å²) in [7, 11) is 0.